The van der Waals surface area contributed by atoms with E-state index in [0.29, 0.717) is 0 Å². The minimum absolute atomic E-state index is 0.850. The van der Waals surface area contributed by atoms with E-state index in [4.69, 9.17) is 0 Å². The van der Waals surface area contributed by atoms with Crippen LogP contribution in [0.2, 0.25) is 0 Å². The molecule has 0 aromatic heterocycles. The van der Waals surface area contributed by atoms with Crippen LogP contribution < -0.4 is 10.6 Å². The lowest BCUT2D eigenvalue weighted by molar-refractivity contribution is 0.517. The molecule has 15 heavy (non-hydrogen) atoms. The largest absolute Gasteiger partial charge is 0.317 e. The Morgan fingerprint density at radius 1 is 0.800 bits per heavy atom. The van der Waals surface area contributed by atoms with Crippen LogP contribution in [0.15, 0.2) is 0 Å². The van der Waals surface area contributed by atoms with Crippen molar-refractivity contribution in [2.75, 3.05) is 26.2 Å². The van der Waals surface area contributed by atoms with E-state index in [2.05, 4.69) is 31.4 Å². The lowest BCUT2D eigenvalue weighted by Crippen LogP contribution is -2.23. The first-order valence-electron chi connectivity index (χ1n) is 6.68. The maximum Gasteiger partial charge on any atom is -0.00368 e. The molecule has 0 aromatic rings. The van der Waals surface area contributed by atoms with Crippen molar-refractivity contribution in [2.24, 2.45) is 5.92 Å². The molecule has 0 rings (SSSR count). The van der Waals surface area contributed by atoms with Gasteiger partial charge in [-0.2, -0.15) is 0 Å². The Balaban J connectivity index is 2.87. The molecule has 0 fully saturated rings. The molecule has 0 aromatic carbocycles. The Hall–Kier alpha value is -0.0800. The zero-order chi connectivity index (χ0) is 11.4. The van der Waals surface area contributed by atoms with Crippen LogP contribution >= 0.6 is 0 Å². The van der Waals surface area contributed by atoms with Crippen LogP contribution in [0.3, 0.4) is 0 Å². The average molecular weight is 214 g/mol. The van der Waals surface area contributed by atoms with Gasteiger partial charge < -0.3 is 10.6 Å². The summed E-state index contributed by atoms with van der Waals surface area (Å²) in [6.07, 6.45) is 6.52. The lowest BCUT2D eigenvalue weighted by atomic mass is 10.1. The minimum atomic E-state index is 0.850. The number of nitrogens with one attached hydrogen (secondary N) is 2. The van der Waals surface area contributed by atoms with Gasteiger partial charge in [-0.05, 0) is 57.8 Å². The Morgan fingerprint density at radius 2 is 1.33 bits per heavy atom. The Morgan fingerprint density at radius 3 is 1.87 bits per heavy atom. The molecule has 0 amide bonds. The molecule has 0 atom stereocenters. The van der Waals surface area contributed by atoms with Crippen molar-refractivity contribution in [1.82, 2.24) is 10.6 Å². The molecule has 2 N–H and O–H groups in total. The van der Waals surface area contributed by atoms with E-state index in [-0.39, 0.29) is 0 Å². The molecule has 2 heteroatoms. The van der Waals surface area contributed by atoms with Gasteiger partial charge in [0.1, 0.15) is 0 Å². The monoisotopic (exact) mass is 214 g/mol. The van der Waals surface area contributed by atoms with Crippen molar-refractivity contribution in [3.8, 4) is 0 Å². The second-order valence-electron chi connectivity index (χ2n) is 4.74. The predicted octanol–water partition coefficient (Wildman–Crippen LogP) is 2.79. The summed E-state index contributed by atoms with van der Waals surface area (Å²) in [6.45, 7) is 11.5. The summed E-state index contributed by atoms with van der Waals surface area (Å²) in [5, 5.41) is 6.95. The highest BCUT2D eigenvalue weighted by molar-refractivity contribution is 4.53. The van der Waals surface area contributed by atoms with E-state index in [9.17, 15) is 0 Å². The van der Waals surface area contributed by atoms with Crippen molar-refractivity contribution in [1.29, 1.82) is 0 Å². The first-order chi connectivity index (χ1) is 7.27. The van der Waals surface area contributed by atoms with Crippen molar-refractivity contribution in [3.05, 3.63) is 0 Å². The first kappa shape index (κ1) is 14.9. The molecule has 0 saturated heterocycles. The highest BCUT2D eigenvalue weighted by Crippen LogP contribution is 2.01. The zero-order valence-corrected chi connectivity index (χ0v) is 10.9. The number of hydrogen-bond donors (Lipinski definition) is 2. The molecule has 0 aliphatic rings. The van der Waals surface area contributed by atoms with E-state index in [1.807, 2.05) is 0 Å². The fraction of sp³-hybridized carbons (Fsp3) is 1.00. The van der Waals surface area contributed by atoms with Gasteiger partial charge in [0, 0.05) is 0 Å². The molecule has 0 spiro atoms. The predicted molar refractivity (Wildman–Crippen MR) is 69.3 cm³/mol. The molecule has 92 valence electrons. The van der Waals surface area contributed by atoms with E-state index in [1.165, 1.54) is 45.2 Å². The van der Waals surface area contributed by atoms with E-state index in [0.717, 1.165) is 19.0 Å². The molecule has 0 bridgehead atoms. The van der Waals surface area contributed by atoms with E-state index < -0.39 is 0 Å². The van der Waals surface area contributed by atoms with Crippen molar-refractivity contribution in [2.45, 2.75) is 52.9 Å². The normalized spacial score (nSPS) is 11.2. The van der Waals surface area contributed by atoms with Crippen LogP contribution in [0.4, 0.5) is 0 Å². The summed E-state index contributed by atoms with van der Waals surface area (Å²) in [5.41, 5.74) is 0. The number of unbranched alkanes of at least 4 members (excludes halogenated alkanes) is 1. The van der Waals surface area contributed by atoms with Gasteiger partial charge >= 0.3 is 0 Å². The summed E-state index contributed by atoms with van der Waals surface area (Å²) in [5.74, 6) is 0.850. The molecular weight excluding hydrogens is 184 g/mol. The SMILES string of the molecule is CCCCNCCCNCCCC(C)C. The third-order valence-electron chi connectivity index (χ3n) is 2.55. The number of hydrogen-bond acceptors (Lipinski definition) is 2. The maximum atomic E-state index is 3.49. The van der Waals surface area contributed by atoms with Gasteiger partial charge in [-0.25, -0.2) is 0 Å². The lowest BCUT2D eigenvalue weighted by Gasteiger charge is -2.07. The fourth-order valence-electron chi connectivity index (χ4n) is 1.53. The summed E-state index contributed by atoms with van der Waals surface area (Å²) in [7, 11) is 0. The summed E-state index contributed by atoms with van der Waals surface area (Å²) >= 11 is 0. The zero-order valence-electron chi connectivity index (χ0n) is 10.9. The van der Waals surface area contributed by atoms with Crippen LogP contribution in [0.1, 0.15) is 52.9 Å². The van der Waals surface area contributed by atoms with Crippen LogP contribution in [0.5, 0.6) is 0 Å². The second kappa shape index (κ2) is 12.0. The van der Waals surface area contributed by atoms with Gasteiger partial charge in [0.15, 0.2) is 0 Å². The second-order valence-corrected chi connectivity index (χ2v) is 4.74. The summed E-state index contributed by atoms with van der Waals surface area (Å²) < 4.78 is 0. The minimum Gasteiger partial charge on any atom is -0.317 e. The van der Waals surface area contributed by atoms with Crippen molar-refractivity contribution >= 4 is 0 Å². The quantitative estimate of drug-likeness (QED) is 0.517. The van der Waals surface area contributed by atoms with Crippen LogP contribution in [-0.4, -0.2) is 26.2 Å². The smallest absolute Gasteiger partial charge is 0.00368 e. The molecule has 2 nitrogen and oxygen atoms in total. The topological polar surface area (TPSA) is 24.1 Å². The van der Waals surface area contributed by atoms with Crippen molar-refractivity contribution < 1.29 is 0 Å². The molecule has 0 unspecified atom stereocenters. The summed E-state index contributed by atoms with van der Waals surface area (Å²) in [4.78, 5) is 0. The number of rotatable bonds is 11. The van der Waals surface area contributed by atoms with Gasteiger partial charge in [-0.3, -0.25) is 0 Å². The molecule has 0 aliphatic carbocycles. The van der Waals surface area contributed by atoms with E-state index >= 15 is 0 Å². The molecule has 0 heterocycles. The van der Waals surface area contributed by atoms with Crippen LogP contribution in [0.25, 0.3) is 0 Å². The van der Waals surface area contributed by atoms with E-state index in [1.54, 1.807) is 0 Å². The van der Waals surface area contributed by atoms with Gasteiger partial charge in [0.25, 0.3) is 0 Å². The fourth-order valence-corrected chi connectivity index (χ4v) is 1.53. The average Bonchev–Trinajstić information content (AvgIpc) is 2.20. The highest BCUT2D eigenvalue weighted by Gasteiger charge is 1.93. The summed E-state index contributed by atoms with van der Waals surface area (Å²) in [6, 6.07) is 0. The van der Waals surface area contributed by atoms with Crippen LogP contribution in [0, 0.1) is 5.92 Å². The molecule has 0 radical (unpaired) electrons. The third-order valence-corrected chi connectivity index (χ3v) is 2.55. The molecular formula is C13H30N2. The first-order valence-corrected chi connectivity index (χ1v) is 6.68. The molecule has 0 aliphatic heterocycles. The maximum absolute atomic E-state index is 3.49. The Labute approximate surface area is 96.2 Å². The third kappa shape index (κ3) is 13.9. The van der Waals surface area contributed by atoms with Crippen LogP contribution in [-0.2, 0) is 0 Å². The van der Waals surface area contributed by atoms with Gasteiger partial charge in [-0.15, -0.1) is 0 Å². The Kier molecular flexibility index (Phi) is 11.9. The Bertz CT molecular complexity index is 113. The van der Waals surface area contributed by atoms with Gasteiger partial charge in [-0.1, -0.05) is 27.2 Å². The van der Waals surface area contributed by atoms with Gasteiger partial charge in [0.05, 0.1) is 0 Å². The highest BCUT2D eigenvalue weighted by atomic mass is 14.9. The van der Waals surface area contributed by atoms with Crippen molar-refractivity contribution in [3.63, 3.8) is 0 Å². The molecule has 0 saturated carbocycles. The van der Waals surface area contributed by atoms with Gasteiger partial charge in [0.2, 0.25) is 0 Å². The standard InChI is InChI=1S/C13H30N2/c1-4-5-9-14-11-7-12-15-10-6-8-13(2)3/h13-15H,4-12H2,1-3H3.